The molecular weight excluding hydrogens is 188 g/mol. The molecule has 1 aliphatic rings. The molecule has 0 aliphatic carbocycles. The van der Waals surface area contributed by atoms with Gasteiger partial charge in [0.05, 0.1) is 6.20 Å². The minimum atomic E-state index is 0.534. The minimum absolute atomic E-state index is 0.534. The summed E-state index contributed by atoms with van der Waals surface area (Å²) in [5, 5.41) is 3.35. The Bertz CT molecular complexity index is 300. The molecule has 1 fully saturated rings. The maximum absolute atomic E-state index is 5.80. The standard InChI is InChI=1S/C12H20N2O/c1-9(2)7-11-8-14-12(15-11)10-3-5-13-6-4-10/h8-10,13H,3-7H2,1-2H3. The molecular formula is C12H20N2O. The Hall–Kier alpha value is -0.830. The van der Waals surface area contributed by atoms with Crippen molar-refractivity contribution in [2.75, 3.05) is 13.1 Å². The van der Waals surface area contributed by atoms with Crippen molar-refractivity contribution >= 4 is 0 Å². The molecule has 1 aliphatic heterocycles. The molecule has 0 unspecified atom stereocenters. The molecule has 0 aromatic carbocycles. The fourth-order valence-electron chi connectivity index (χ4n) is 2.08. The van der Waals surface area contributed by atoms with Crippen molar-refractivity contribution in [1.82, 2.24) is 10.3 Å². The third-order valence-electron chi connectivity index (χ3n) is 2.87. The highest BCUT2D eigenvalue weighted by atomic mass is 16.4. The fourth-order valence-corrected chi connectivity index (χ4v) is 2.08. The summed E-state index contributed by atoms with van der Waals surface area (Å²) in [6.07, 6.45) is 5.21. The molecule has 84 valence electrons. The third-order valence-corrected chi connectivity index (χ3v) is 2.87. The first-order chi connectivity index (χ1) is 7.25. The summed E-state index contributed by atoms with van der Waals surface area (Å²) in [6, 6.07) is 0. The highest BCUT2D eigenvalue weighted by Gasteiger charge is 2.20. The molecule has 1 aromatic heterocycles. The van der Waals surface area contributed by atoms with Gasteiger partial charge in [-0.25, -0.2) is 4.98 Å². The number of oxazole rings is 1. The number of nitrogens with zero attached hydrogens (tertiary/aromatic N) is 1. The van der Waals surface area contributed by atoms with Gasteiger partial charge in [-0.05, 0) is 31.8 Å². The van der Waals surface area contributed by atoms with E-state index in [1.165, 1.54) is 0 Å². The zero-order valence-electron chi connectivity index (χ0n) is 9.62. The van der Waals surface area contributed by atoms with Crippen LogP contribution in [0.5, 0.6) is 0 Å². The molecule has 3 nitrogen and oxygen atoms in total. The van der Waals surface area contributed by atoms with Crippen LogP contribution in [-0.4, -0.2) is 18.1 Å². The quantitative estimate of drug-likeness (QED) is 0.828. The monoisotopic (exact) mass is 208 g/mol. The van der Waals surface area contributed by atoms with Gasteiger partial charge < -0.3 is 9.73 Å². The van der Waals surface area contributed by atoms with Crippen molar-refractivity contribution in [2.45, 2.75) is 39.0 Å². The van der Waals surface area contributed by atoms with Crippen LogP contribution in [0.25, 0.3) is 0 Å². The average molecular weight is 208 g/mol. The largest absolute Gasteiger partial charge is 0.445 e. The van der Waals surface area contributed by atoms with Gasteiger partial charge in [0.15, 0.2) is 5.89 Å². The smallest absolute Gasteiger partial charge is 0.197 e. The first-order valence-corrected chi connectivity index (χ1v) is 5.91. The molecule has 2 rings (SSSR count). The Morgan fingerprint density at radius 2 is 2.20 bits per heavy atom. The van der Waals surface area contributed by atoms with E-state index in [9.17, 15) is 0 Å². The number of hydrogen-bond acceptors (Lipinski definition) is 3. The zero-order valence-corrected chi connectivity index (χ0v) is 9.62. The van der Waals surface area contributed by atoms with E-state index >= 15 is 0 Å². The van der Waals surface area contributed by atoms with E-state index in [0.29, 0.717) is 11.8 Å². The highest BCUT2D eigenvalue weighted by molar-refractivity contribution is 5.01. The molecule has 2 heterocycles. The number of rotatable bonds is 3. The van der Waals surface area contributed by atoms with E-state index in [0.717, 1.165) is 44.0 Å². The van der Waals surface area contributed by atoms with Gasteiger partial charge in [0.1, 0.15) is 5.76 Å². The second kappa shape index (κ2) is 4.79. The van der Waals surface area contributed by atoms with Gasteiger partial charge >= 0.3 is 0 Å². The number of nitrogens with one attached hydrogen (secondary N) is 1. The molecule has 0 spiro atoms. The van der Waals surface area contributed by atoms with Gasteiger partial charge in [0.2, 0.25) is 0 Å². The van der Waals surface area contributed by atoms with Gasteiger partial charge in [-0.1, -0.05) is 13.8 Å². The summed E-state index contributed by atoms with van der Waals surface area (Å²) in [7, 11) is 0. The van der Waals surface area contributed by atoms with Crippen molar-refractivity contribution in [3.8, 4) is 0 Å². The Morgan fingerprint density at radius 3 is 2.87 bits per heavy atom. The molecule has 3 heteroatoms. The van der Waals surface area contributed by atoms with E-state index in [1.54, 1.807) is 0 Å². The summed E-state index contributed by atoms with van der Waals surface area (Å²) in [4.78, 5) is 4.40. The number of aromatic nitrogens is 1. The molecule has 1 saturated heterocycles. The van der Waals surface area contributed by atoms with Crippen molar-refractivity contribution in [2.24, 2.45) is 5.92 Å². The first-order valence-electron chi connectivity index (χ1n) is 5.91. The van der Waals surface area contributed by atoms with Gasteiger partial charge in [-0.3, -0.25) is 0 Å². The molecule has 0 saturated carbocycles. The summed E-state index contributed by atoms with van der Waals surface area (Å²) < 4.78 is 5.80. The lowest BCUT2D eigenvalue weighted by Gasteiger charge is -2.19. The van der Waals surface area contributed by atoms with Crippen LogP contribution >= 0.6 is 0 Å². The maximum atomic E-state index is 5.80. The summed E-state index contributed by atoms with van der Waals surface area (Å²) in [5.74, 6) is 3.16. The molecule has 0 radical (unpaired) electrons. The van der Waals surface area contributed by atoms with E-state index < -0.39 is 0 Å². The Labute approximate surface area is 91.3 Å². The lowest BCUT2D eigenvalue weighted by molar-refractivity contribution is 0.355. The lowest BCUT2D eigenvalue weighted by atomic mass is 9.98. The summed E-state index contributed by atoms with van der Waals surface area (Å²) in [6.45, 7) is 6.58. The molecule has 0 atom stereocenters. The minimum Gasteiger partial charge on any atom is -0.445 e. The van der Waals surface area contributed by atoms with Crippen molar-refractivity contribution in [1.29, 1.82) is 0 Å². The predicted octanol–water partition coefficient (Wildman–Crippen LogP) is 2.34. The second-order valence-corrected chi connectivity index (χ2v) is 4.79. The van der Waals surface area contributed by atoms with E-state index in [4.69, 9.17) is 4.42 Å². The fraction of sp³-hybridized carbons (Fsp3) is 0.750. The van der Waals surface area contributed by atoms with Crippen molar-refractivity contribution in [3.63, 3.8) is 0 Å². The van der Waals surface area contributed by atoms with Crippen LogP contribution < -0.4 is 5.32 Å². The van der Waals surface area contributed by atoms with Crippen LogP contribution in [0.15, 0.2) is 10.6 Å². The summed E-state index contributed by atoms with van der Waals surface area (Å²) >= 11 is 0. The zero-order chi connectivity index (χ0) is 10.7. The van der Waals surface area contributed by atoms with E-state index in [1.807, 2.05) is 6.20 Å². The Morgan fingerprint density at radius 1 is 1.47 bits per heavy atom. The van der Waals surface area contributed by atoms with Crippen LogP contribution in [0, 0.1) is 5.92 Å². The average Bonchev–Trinajstić information content (AvgIpc) is 2.67. The number of piperidine rings is 1. The predicted molar refractivity (Wildman–Crippen MR) is 59.9 cm³/mol. The van der Waals surface area contributed by atoms with Crippen molar-refractivity contribution in [3.05, 3.63) is 17.8 Å². The maximum Gasteiger partial charge on any atom is 0.197 e. The topological polar surface area (TPSA) is 38.1 Å². The van der Waals surface area contributed by atoms with Crippen LogP contribution in [0.4, 0.5) is 0 Å². The van der Waals surface area contributed by atoms with Crippen LogP contribution in [0.2, 0.25) is 0 Å². The molecule has 0 bridgehead atoms. The third kappa shape index (κ3) is 2.81. The molecule has 1 aromatic rings. The molecule has 1 N–H and O–H groups in total. The normalized spacial score (nSPS) is 18.6. The van der Waals surface area contributed by atoms with Gasteiger partial charge in [-0.15, -0.1) is 0 Å². The van der Waals surface area contributed by atoms with Crippen LogP contribution in [-0.2, 0) is 6.42 Å². The Balaban J connectivity index is 1.99. The lowest BCUT2D eigenvalue weighted by Crippen LogP contribution is -2.26. The van der Waals surface area contributed by atoms with E-state index in [-0.39, 0.29) is 0 Å². The molecule has 15 heavy (non-hydrogen) atoms. The van der Waals surface area contributed by atoms with E-state index in [2.05, 4.69) is 24.1 Å². The van der Waals surface area contributed by atoms with Crippen LogP contribution in [0.1, 0.15) is 44.3 Å². The highest BCUT2D eigenvalue weighted by Crippen LogP contribution is 2.25. The first kappa shape index (κ1) is 10.7. The Kier molecular flexibility index (Phi) is 3.41. The van der Waals surface area contributed by atoms with Crippen molar-refractivity contribution < 1.29 is 4.42 Å². The second-order valence-electron chi connectivity index (χ2n) is 4.79. The van der Waals surface area contributed by atoms with Gasteiger partial charge in [0, 0.05) is 12.3 Å². The van der Waals surface area contributed by atoms with Crippen LogP contribution in [0.3, 0.4) is 0 Å². The van der Waals surface area contributed by atoms with Gasteiger partial charge in [-0.2, -0.15) is 0 Å². The molecule has 0 amide bonds. The van der Waals surface area contributed by atoms with Gasteiger partial charge in [0.25, 0.3) is 0 Å². The SMILES string of the molecule is CC(C)Cc1cnc(C2CCNCC2)o1. The number of hydrogen-bond donors (Lipinski definition) is 1. The summed E-state index contributed by atoms with van der Waals surface area (Å²) in [5.41, 5.74) is 0.